The van der Waals surface area contributed by atoms with Crippen LogP contribution in [-0.4, -0.2) is 4.98 Å². The fourth-order valence-electron chi connectivity index (χ4n) is 7.61. The Kier molecular flexibility index (Phi) is 6.22. The van der Waals surface area contributed by atoms with E-state index in [4.69, 9.17) is 4.74 Å². The number of hydrogen-bond donors (Lipinski definition) is 0. The molecule has 10 rings (SSSR count). The predicted molar refractivity (Wildman–Crippen MR) is 204 cm³/mol. The monoisotopic (exact) mass is 623 g/mol. The van der Waals surface area contributed by atoms with Gasteiger partial charge in [-0.05, 0) is 108 Å². The summed E-state index contributed by atoms with van der Waals surface area (Å²) in [5.41, 5.74) is 11.7. The molecule has 228 valence electrons. The highest BCUT2D eigenvalue weighted by atomic mass is 16.5. The lowest BCUT2D eigenvalue weighted by Gasteiger charge is -2.23. The first-order valence-corrected chi connectivity index (χ1v) is 16.7. The normalized spacial score (nSPS) is 11.8. The van der Waals surface area contributed by atoms with E-state index in [1.165, 1.54) is 54.7 Å². The molecule has 0 fully saturated rings. The molecule has 8 aromatic carbocycles. The van der Waals surface area contributed by atoms with Gasteiger partial charge in [0.15, 0.2) is 0 Å². The first-order valence-electron chi connectivity index (χ1n) is 16.7. The summed E-state index contributed by atoms with van der Waals surface area (Å²) < 4.78 is 6.67. The Labute approximate surface area is 284 Å². The minimum absolute atomic E-state index is 0.878. The summed E-state index contributed by atoms with van der Waals surface area (Å²) in [5.74, 6) is 1.77. The van der Waals surface area contributed by atoms with Crippen LogP contribution in [0.5, 0.6) is 11.5 Å². The second kappa shape index (κ2) is 11.0. The van der Waals surface area contributed by atoms with Crippen LogP contribution in [0.4, 0.5) is 0 Å². The second-order valence-corrected chi connectivity index (χ2v) is 12.7. The molecule has 2 heterocycles. The van der Waals surface area contributed by atoms with Gasteiger partial charge in [0, 0.05) is 28.9 Å². The molecule has 0 unspecified atom stereocenters. The van der Waals surface area contributed by atoms with E-state index in [1.54, 1.807) is 6.20 Å². The summed E-state index contributed by atoms with van der Waals surface area (Å²) in [7, 11) is 0. The van der Waals surface area contributed by atoms with Crippen molar-refractivity contribution in [3.63, 3.8) is 0 Å². The van der Waals surface area contributed by atoms with E-state index in [0.29, 0.717) is 0 Å². The molecule has 0 bridgehead atoms. The van der Waals surface area contributed by atoms with Gasteiger partial charge in [-0.1, -0.05) is 127 Å². The molecule has 49 heavy (non-hydrogen) atoms. The third-order valence-electron chi connectivity index (χ3n) is 9.94. The molecule has 0 spiro atoms. The van der Waals surface area contributed by atoms with Gasteiger partial charge in [0.2, 0.25) is 0 Å². The lowest BCUT2D eigenvalue weighted by molar-refractivity contribution is 0.487. The van der Waals surface area contributed by atoms with Gasteiger partial charge in [0.25, 0.3) is 0 Å². The van der Waals surface area contributed by atoms with Crippen molar-refractivity contribution in [2.75, 3.05) is 0 Å². The predicted octanol–water partition coefficient (Wildman–Crippen LogP) is 13.0. The largest absolute Gasteiger partial charge is 0.456 e. The molecule has 1 aliphatic rings. The second-order valence-electron chi connectivity index (χ2n) is 12.7. The number of benzene rings is 8. The van der Waals surface area contributed by atoms with Crippen molar-refractivity contribution >= 4 is 32.3 Å². The van der Waals surface area contributed by atoms with Crippen molar-refractivity contribution in [3.05, 3.63) is 176 Å². The molecule has 0 radical (unpaired) electrons. The Bertz CT molecular complexity index is 2670. The highest BCUT2D eigenvalue weighted by molar-refractivity contribution is 6.13. The van der Waals surface area contributed by atoms with E-state index in [-0.39, 0.29) is 0 Å². The summed E-state index contributed by atoms with van der Waals surface area (Å²) in [6.45, 7) is 0. The minimum atomic E-state index is 0.878. The van der Waals surface area contributed by atoms with E-state index in [0.717, 1.165) is 44.7 Å². The maximum absolute atomic E-state index is 6.67. The number of pyridine rings is 1. The average molecular weight is 624 g/mol. The smallest absolute Gasteiger partial charge is 0.135 e. The van der Waals surface area contributed by atoms with Gasteiger partial charge in [0.1, 0.15) is 11.5 Å². The van der Waals surface area contributed by atoms with Crippen molar-refractivity contribution in [1.29, 1.82) is 0 Å². The van der Waals surface area contributed by atoms with Crippen LogP contribution < -0.4 is 4.74 Å². The molecule has 1 aromatic heterocycles. The summed E-state index contributed by atoms with van der Waals surface area (Å²) >= 11 is 0. The van der Waals surface area contributed by atoms with E-state index in [1.807, 2.05) is 12.3 Å². The van der Waals surface area contributed by atoms with Crippen LogP contribution in [0.3, 0.4) is 0 Å². The van der Waals surface area contributed by atoms with Crippen LogP contribution in [0, 0.1) is 0 Å². The molecule has 1 aliphatic heterocycles. The van der Waals surface area contributed by atoms with Crippen LogP contribution in [0.15, 0.2) is 176 Å². The summed E-state index contributed by atoms with van der Waals surface area (Å²) in [6.07, 6.45) is 3.71. The zero-order valence-electron chi connectivity index (χ0n) is 26.6. The summed E-state index contributed by atoms with van der Waals surface area (Å²) in [4.78, 5) is 4.30. The van der Waals surface area contributed by atoms with E-state index >= 15 is 0 Å². The Morgan fingerprint density at radius 3 is 1.76 bits per heavy atom. The fourth-order valence-corrected chi connectivity index (χ4v) is 7.61. The third-order valence-corrected chi connectivity index (χ3v) is 9.94. The van der Waals surface area contributed by atoms with Crippen molar-refractivity contribution < 1.29 is 4.74 Å². The lowest BCUT2D eigenvalue weighted by Crippen LogP contribution is -1.98. The number of aromatic nitrogens is 1. The molecule has 2 heteroatoms. The molecular weight excluding hydrogens is 595 g/mol. The molecular formula is C47H29NO. The van der Waals surface area contributed by atoms with Crippen molar-refractivity contribution in [2.45, 2.75) is 0 Å². The highest BCUT2D eigenvalue weighted by Crippen LogP contribution is 2.50. The number of fused-ring (bicyclic) bond motifs is 4. The Hall–Kier alpha value is -6.51. The van der Waals surface area contributed by atoms with E-state index in [9.17, 15) is 0 Å². The van der Waals surface area contributed by atoms with Gasteiger partial charge in [-0.2, -0.15) is 0 Å². The van der Waals surface area contributed by atoms with E-state index < -0.39 is 0 Å². The summed E-state index contributed by atoms with van der Waals surface area (Å²) in [6, 6.07) is 58.9. The first-order chi connectivity index (χ1) is 24.3. The van der Waals surface area contributed by atoms with Gasteiger partial charge in [-0.25, -0.2) is 0 Å². The number of rotatable bonds is 4. The Morgan fingerprint density at radius 1 is 0.367 bits per heavy atom. The van der Waals surface area contributed by atoms with Gasteiger partial charge >= 0.3 is 0 Å². The van der Waals surface area contributed by atoms with Gasteiger partial charge in [0.05, 0.1) is 0 Å². The fraction of sp³-hybridized carbons (Fsp3) is 0. The number of ether oxygens (including phenoxy) is 1. The molecule has 0 amide bonds. The van der Waals surface area contributed by atoms with Crippen LogP contribution in [0.1, 0.15) is 0 Å². The van der Waals surface area contributed by atoms with Crippen molar-refractivity contribution in [2.24, 2.45) is 0 Å². The van der Waals surface area contributed by atoms with Gasteiger partial charge in [-0.15, -0.1) is 0 Å². The standard InChI is InChI=1S/C47H29NO/c1-3-13-39-35(8-1)27-36-9-2-4-14-40(36)46(39)31-19-17-30(18-20-31)38-23-24-43-41-22-21-34(28-45(41)49-44-16-6-15-42(38)47(43)44)32-10-5-11-33(26-32)37-12-7-25-48-29-37/h1-29H. The summed E-state index contributed by atoms with van der Waals surface area (Å²) in [5, 5.41) is 7.41. The minimum Gasteiger partial charge on any atom is -0.456 e. The van der Waals surface area contributed by atoms with Crippen LogP contribution in [0.25, 0.3) is 88.0 Å². The Morgan fingerprint density at radius 2 is 0.980 bits per heavy atom. The molecule has 0 aliphatic carbocycles. The zero-order valence-corrected chi connectivity index (χ0v) is 26.6. The number of nitrogens with zero attached hydrogens (tertiary/aromatic N) is 1. The average Bonchev–Trinajstić information content (AvgIpc) is 3.17. The molecule has 2 nitrogen and oxygen atoms in total. The van der Waals surface area contributed by atoms with Crippen LogP contribution >= 0.6 is 0 Å². The third kappa shape index (κ3) is 4.53. The maximum atomic E-state index is 6.67. The van der Waals surface area contributed by atoms with Crippen molar-refractivity contribution in [1.82, 2.24) is 4.98 Å². The molecule has 0 saturated carbocycles. The van der Waals surface area contributed by atoms with Gasteiger partial charge < -0.3 is 4.74 Å². The number of hydrogen-bond acceptors (Lipinski definition) is 2. The molecule has 0 atom stereocenters. The molecule has 9 aromatic rings. The molecule has 0 N–H and O–H groups in total. The zero-order chi connectivity index (χ0) is 32.3. The SMILES string of the molecule is c1cncc(-c2cccc(-c3ccc4c(c3)Oc3cccc5c(-c6ccc(-c7c8ccccc8cc8ccccc78)cc6)ccc-4c35)c2)c1. The molecule has 0 saturated heterocycles. The van der Waals surface area contributed by atoms with Crippen LogP contribution in [-0.2, 0) is 0 Å². The van der Waals surface area contributed by atoms with E-state index in [2.05, 4.69) is 163 Å². The first kappa shape index (κ1) is 27.6. The van der Waals surface area contributed by atoms with Crippen molar-refractivity contribution in [3.8, 4) is 67.1 Å². The van der Waals surface area contributed by atoms with Gasteiger partial charge in [-0.3, -0.25) is 4.98 Å². The topological polar surface area (TPSA) is 22.1 Å². The Balaban J connectivity index is 1.04. The quantitative estimate of drug-likeness (QED) is 0.182. The van der Waals surface area contributed by atoms with Crippen LogP contribution in [0.2, 0.25) is 0 Å². The maximum Gasteiger partial charge on any atom is 0.135 e. The lowest BCUT2D eigenvalue weighted by atomic mass is 9.88. The highest BCUT2D eigenvalue weighted by Gasteiger charge is 2.22.